The molecule has 0 N–H and O–H groups in total. The quantitative estimate of drug-likeness (QED) is 0.557. The second-order valence-electron chi connectivity index (χ2n) is 4.00. The molecule has 0 saturated heterocycles. The van der Waals surface area contributed by atoms with Crippen molar-refractivity contribution in [1.82, 2.24) is 0 Å². The normalized spacial score (nSPS) is 9.89. The van der Waals surface area contributed by atoms with E-state index >= 15 is 0 Å². The minimum Gasteiger partial charge on any atom is -0.337 e. The zero-order chi connectivity index (χ0) is 13.5. The molecule has 2 aromatic carbocycles. The molecule has 0 fully saturated rings. The van der Waals surface area contributed by atoms with Gasteiger partial charge in [-0.2, -0.15) is 4.89 Å². The molecule has 0 atom stereocenters. The molecule has 2 heteroatoms. The van der Waals surface area contributed by atoms with E-state index in [0.29, 0.717) is 12.4 Å². The predicted molar refractivity (Wildman–Crippen MR) is 78.5 cm³/mol. The fourth-order valence-electron chi connectivity index (χ4n) is 1.77. The van der Waals surface area contributed by atoms with E-state index in [1.807, 2.05) is 48.5 Å². The highest BCUT2D eigenvalue weighted by molar-refractivity contribution is 5.68. The lowest BCUT2D eigenvalue weighted by Gasteiger charge is -2.09. The highest BCUT2D eigenvalue weighted by atomic mass is 17.2. The number of hydrogen-bond acceptors (Lipinski definition) is 2. The molecule has 0 unspecified atom stereocenters. The molecule has 0 saturated carbocycles. The zero-order valence-electron chi connectivity index (χ0n) is 10.7. The van der Waals surface area contributed by atoms with Gasteiger partial charge in [-0.25, -0.2) is 0 Å². The zero-order valence-corrected chi connectivity index (χ0v) is 10.7. The number of rotatable bonds is 6. The van der Waals surface area contributed by atoms with Crippen LogP contribution in [0.5, 0.6) is 5.75 Å². The van der Waals surface area contributed by atoms with Crippen LogP contribution in [0.15, 0.2) is 61.7 Å². The van der Waals surface area contributed by atoms with Gasteiger partial charge in [0, 0.05) is 5.56 Å². The molecular formula is C17H16O2. The Bertz CT molecular complexity index is 559. The molecule has 0 bridgehead atoms. The van der Waals surface area contributed by atoms with Crippen LogP contribution in [0.2, 0.25) is 0 Å². The summed E-state index contributed by atoms with van der Waals surface area (Å²) in [5, 5.41) is 0. The first-order valence-corrected chi connectivity index (χ1v) is 6.06. The van der Waals surface area contributed by atoms with Crippen LogP contribution in [-0.2, 0) is 11.5 Å². The third-order valence-corrected chi connectivity index (χ3v) is 2.74. The van der Waals surface area contributed by atoms with Crippen molar-refractivity contribution in [2.75, 3.05) is 0 Å². The van der Waals surface area contributed by atoms with Crippen molar-refractivity contribution < 1.29 is 9.78 Å². The average Bonchev–Trinajstić information content (AvgIpc) is 2.48. The van der Waals surface area contributed by atoms with Crippen LogP contribution < -0.4 is 4.89 Å². The summed E-state index contributed by atoms with van der Waals surface area (Å²) in [5.41, 5.74) is 2.91. The smallest absolute Gasteiger partial charge is 0.173 e. The van der Waals surface area contributed by atoms with Gasteiger partial charge in [-0.05, 0) is 17.2 Å². The van der Waals surface area contributed by atoms with Crippen molar-refractivity contribution in [3.63, 3.8) is 0 Å². The molecule has 0 aliphatic carbocycles. The summed E-state index contributed by atoms with van der Waals surface area (Å²) in [5.74, 6) is 0.642. The molecular weight excluding hydrogens is 236 g/mol. The maximum atomic E-state index is 5.36. The molecule has 0 radical (unpaired) electrons. The summed E-state index contributed by atoms with van der Waals surface area (Å²) in [6, 6.07) is 15.6. The van der Waals surface area contributed by atoms with E-state index in [-0.39, 0.29) is 0 Å². The van der Waals surface area contributed by atoms with Crippen LogP contribution in [0.3, 0.4) is 0 Å². The van der Waals surface area contributed by atoms with Gasteiger partial charge in [-0.1, -0.05) is 67.8 Å². The molecule has 2 rings (SSSR count). The van der Waals surface area contributed by atoms with Crippen LogP contribution in [0.4, 0.5) is 0 Å². The monoisotopic (exact) mass is 252 g/mol. The molecule has 0 heterocycles. The van der Waals surface area contributed by atoms with Gasteiger partial charge in [0.2, 0.25) is 0 Å². The van der Waals surface area contributed by atoms with Gasteiger partial charge in [-0.15, -0.1) is 0 Å². The lowest BCUT2D eigenvalue weighted by Crippen LogP contribution is -1.99. The Hall–Kier alpha value is -2.32. The van der Waals surface area contributed by atoms with Crippen LogP contribution in [0, 0.1) is 0 Å². The van der Waals surface area contributed by atoms with Crippen molar-refractivity contribution in [2.45, 2.75) is 6.61 Å². The van der Waals surface area contributed by atoms with Crippen molar-refractivity contribution in [1.29, 1.82) is 0 Å². The van der Waals surface area contributed by atoms with E-state index in [2.05, 4.69) is 13.2 Å². The summed E-state index contributed by atoms with van der Waals surface area (Å²) in [6.45, 7) is 7.95. The third kappa shape index (κ3) is 3.33. The highest BCUT2D eigenvalue weighted by Gasteiger charge is 2.05. The van der Waals surface area contributed by atoms with Gasteiger partial charge in [0.25, 0.3) is 0 Å². The lowest BCUT2D eigenvalue weighted by atomic mass is 10.1. The second-order valence-corrected chi connectivity index (χ2v) is 4.00. The van der Waals surface area contributed by atoms with Gasteiger partial charge >= 0.3 is 0 Å². The van der Waals surface area contributed by atoms with Gasteiger partial charge in [0.1, 0.15) is 6.61 Å². The highest BCUT2D eigenvalue weighted by Crippen LogP contribution is 2.24. The first kappa shape index (κ1) is 13.1. The first-order valence-electron chi connectivity index (χ1n) is 6.06. The molecule has 96 valence electrons. The van der Waals surface area contributed by atoms with Gasteiger partial charge in [0.15, 0.2) is 5.75 Å². The molecule has 2 aromatic rings. The second kappa shape index (κ2) is 6.57. The lowest BCUT2D eigenvalue weighted by molar-refractivity contribution is -0.217. The van der Waals surface area contributed by atoms with Crippen molar-refractivity contribution in [3.05, 3.63) is 78.4 Å². The maximum Gasteiger partial charge on any atom is 0.173 e. The van der Waals surface area contributed by atoms with E-state index in [1.165, 1.54) is 0 Å². The summed E-state index contributed by atoms with van der Waals surface area (Å²) < 4.78 is 0. The molecule has 0 aliphatic rings. The SMILES string of the molecule is C=Cc1cccc(OOCc2ccccc2)c1C=C. The Morgan fingerprint density at radius 2 is 1.68 bits per heavy atom. The Kier molecular flexibility index (Phi) is 4.54. The number of hydrogen-bond donors (Lipinski definition) is 0. The van der Waals surface area contributed by atoms with E-state index < -0.39 is 0 Å². The Labute approximate surface area is 113 Å². The van der Waals surface area contributed by atoms with E-state index in [9.17, 15) is 0 Å². The standard InChI is InChI=1S/C17H16O2/c1-3-15-11-8-12-17(16(15)4-2)19-18-13-14-9-6-5-7-10-14/h3-12H,1-2,13H2. The predicted octanol–water partition coefficient (Wildman–Crippen LogP) is 4.48. The van der Waals surface area contributed by atoms with Crippen LogP contribution in [0.1, 0.15) is 16.7 Å². The molecule has 0 aliphatic heterocycles. The van der Waals surface area contributed by atoms with E-state index in [0.717, 1.165) is 16.7 Å². The third-order valence-electron chi connectivity index (χ3n) is 2.74. The van der Waals surface area contributed by atoms with Crippen LogP contribution >= 0.6 is 0 Å². The summed E-state index contributed by atoms with van der Waals surface area (Å²) >= 11 is 0. The van der Waals surface area contributed by atoms with Gasteiger partial charge in [-0.3, -0.25) is 0 Å². The van der Waals surface area contributed by atoms with Crippen LogP contribution in [-0.4, -0.2) is 0 Å². The number of benzene rings is 2. The summed E-state index contributed by atoms with van der Waals surface area (Å²) in [7, 11) is 0. The molecule has 0 aromatic heterocycles. The summed E-state index contributed by atoms with van der Waals surface area (Å²) in [6.07, 6.45) is 3.50. The van der Waals surface area contributed by atoms with E-state index in [1.54, 1.807) is 12.2 Å². The van der Waals surface area contributed by atoms with Gasteiger partial charge < -0.3 is 4.89 Å². The first-order chi connectivity index (χ1) is 9.35. The van der Waals surface area contributed by atoms with Crippen molar-refractivity contribution in [3.8, 4) is 5.75 Å². The largest absolute Gasteiger partial charge is 0.337 e. The Morgan fingerprint density at radius 3 is 2.37 bits per heavy atom. The Balaban J connectivity index is 2.03. The van der Waals surface area contributed by atoms with Crippen molar-refractivity contribution in [2.24, 2.45) is 0 Å². The fraction of sp³-hybridized carbons (Fsp3) is 0.0588. The van der Waals surface area contributed by atoms with Crippen LogP contribution in [0.25, 0.3) is 12.2 Å². The fourth-order valence-corrected chi connectivity index (χ4v) is 1.77. The minimum absolute atomic E-state index is 0.399. The molecule has 2 nitrogen and oxygen atoms in total. The topological polar surface area (TPSA) is 18.5 Å². The minimum atomic E-state index is 0.399. The maximum absolute atomic E-state index is 5.36. The Morgan fingerprint density at radius 1 is 0.895 bits per heavy atom. The molecule has 0 amide bonds. The molecule has 19 heavy (non-hydrogen) atoms. The van der Waals surface area contributed by atoms with E-state index in [4.69, 9.17) is 9.78 Å². The summed E-state index contributed by atoms with van der Waals surface area (Å²) in [4.78, 5) is 10.6. The molecule has 0 spiro atoms. The average molecular weight is 252 g/mol. The van der Waals surface area contributed by atoms with Gasteiger partial charge in [0.05, 0.1) is 0 Å². The van der Waals surface area contributed by atoms with Crippen molar-refractivity contribution >= 4 is 12.2 Å².